The number of anilines is 1. The van der Waals surface area contributed by atoms with Crippen LogP contribution in [0.2, 0.25) is 0 Å². The summed E-state index contributed by atoms with van der Waals surface area (Å²) in [6.45, 7) is 3.86. The molecule has 1 aromatic carbocycles. The van der Waals surface area contributed by atoms with Crippen molar-refractivity contribution in [2.75, 3.05) is 12.3 Å². The molecule has 0 aliphatic heterocycles. The van der Waals surface area contributed by atoms with E-state index in [0.717, 1.165) is 18.8 Å². The van der Waals surface area contributed by atoms with E-state index in [-0.39, 0.29) is 0 Å². The molecule has 2 N–H and O–H groups in total. The molecule has 0 bridgehead atoms. The molecule has 0 saturated heterocycles. The van der Waals surface area contributed by atoms with E-state index in [1.54, 1.807) is 0 Å². The second-order valence-electron chi connectivity index (χ2n) is 4.74. The SMILES string of the molecule is Cc1c(N)cccc1CN(CCC#N)C1CC1. The Morgan fingerprint density at radius 2 is 2.24 bits per heavy atom. The third-order valence-corrected chi connectivity index (χ3v) is 3.44. The summed E-state index contributed by atoms with van der Waals surface area (Å²) in [7, 11) is 0. The lowest BCUT2D eigenvalue weighted by Gasteiger charge is -2.22. The topological polar surface area (TPSA) is 53.0 Å². The van der Waals surface area contributed by atoms with Crippen LogP contribution in [0.25, 0.3) is 0 Å². The first kappa shape index (κ1) is 11.9. The molecule has 0 heterocycles. The molecule has 0 atom stereocenters. The zero-order valence-corrected chi connectivity index (χ0v) is 10.3. The Labute approximate surface area is 103 Å². The van der Waals surface area contributed by atoms with Gasteiger partial charge in [0.2, 0.25) is 0 Å². The van der Waals surface area contributed by atoms with Crippen LogP contribution in [0.3, 0.4) is 0 Å². The molecular formula is C14H19N3. The van der Waals surface area contributed by atoms with Crippen molar-refractivity contribution >= 4 is 5.69 Å². The molecular weight excluding hydrogens is 210 g/mol. The van der Waals surface area contributed by atoms with E-state index in [1.807, 2.05) is 12.1 Å². The van der Waals surface area contributed by atoms with Gasteiger partial charge in [-0.2, -0.15) is 5.26 Å². The zero-order valence-electron chi connectivity index (χ0n) is 10.3. The Morgan fingerprint density at radius 1 is 1.47 bits per heavy atom. The normalized spacial score (nSPS) is 14.9. The van der Waals surface area contributed by atoms with Crippen molar-refractivity contribution in [1.82, 2.24) is 4.90 Å². The minimum atomic E-state index is 0.609. The number of nitrogen functional groups attached to an aromatic ring is 1. The summed E-state index contributed by atoms with van der Waals surface area (Å²) in [5, 5.41) is 8.69. The minimum Gasteiger partial charge on any atom is -0.399 e. The van der Waals surface area contributed by atoms with Crippen LogP contribution in [-0.2, 0) is 6.54 Å². The molecule has 1 saturated carbocycles. The molecule has 17 heavy (non-hydrogen) atoms. The van der Waals surface area contributed by atoms with Gasteiger partial charge in [0.1, 0.15) is 0 Å². The van der Waals surface area contributed by atoms with Gasteiger partial charge in [0.15, 0.2) is 0 Å². The van der Waals surface area contributed by atoms with Gasteiger partial charge in [-0.3, -0.25) is 4.90 Å². The van der Waals surface area contributed by atoms with Crippen molar-refractivity contribution < 1.29 is 0 Å². The first-order chi connectivity index (χ1) is 8.22. The van der Waals surface area contributed by atoms with E-state index in [2.05, 4.69) is 24.0 Å². The van der Waals surface area contributed by atoms with E-state index < -0.39 is 0 Å². The van der Waals surface area contributed by atoms with E-state index in [4.69, 9.17) is 11.0 Å². The molecule has 1 aliphatic carbocycles. The largest absolute Gasteiger partial charge is 0.399 e. The number of hydrogen-bond donors (Lipinski definition) is 1. The van der Waals surface area contributed by atoms with Gasteiger partial charge in [-0.15, -0.1) is 0 Å². The minimum absolute atomic E-state index is 0.609. The van der Waals surface area contributed by atoms with Crippen LogP contribution >= 0.6 is 0 Å². The predicted molar refractivity (Wildman–Crippen MR) is 69.3 cm³/mol. The number of benzene rings is 1. The van der Waals surface area contributed by atoms with Gasteiger partial charge in [0, 0.05) is 31.2 Å². The summed E-state index contributed by atoms with van der Waals surface area (Å²) in [5.41, 5.74) is 9.24. The molecule has 3 heteroatoms. The molecule has 0 radical (unpaired) electrons. The lowest BCUT2D eigenvalue weighted by atomic mass is 10.1. The summed E-state index contributed by atoms with van der Waals surface area (Å²) < 4.78 is 0. The van der Waals surface area contributed by atoms with Gasteiger partial charge in [-0.05, 0) is 37.0 Å². The fourth-order valence-corrected chi connectivity index (χ4v) is 2.12. The van der Waals surface area contributed by atoms with Crippen LogP contribution in [0.4, 0.5) is 5.69 Å². The predicted octanol–water partition coefficient (Wildman–Crippen LogP) is 2.46. The lowest BCUT2D eigenvalue weighted by Crippen LogP contribution is -2.27. The Balaban J connectivity index is 2.06. The summed E-state index contributed by atoms with van der Waals surface area (Å²) in [6.07, 6.45) is 3.15. The Hall–Kier alpha value is -1.53. The first-order valence-electron chi connectivity index (χ1n) is 6.17. The molecule has 0 spiro atoms. The highest BCUT2D eigenvalue weighted by Crippen LogP contribution is 2.29. The van der Waals surface area contributed by atoms with Crippen molar-refractivity contribution in [2.24, 2.45) is 0 Å². The molecule has 0 amide bonds. The molecule has 3 nitrogen and oxygen atoms in total. The number of nitrogens with two attached hydrogens (primary N) is 1. The van der Waals surface area contributed by atoms with Gasteiger partial charge in [0.05, 0.1) is 6.07 Å². The smallest absolute Gasteiger partial charge is 0.0635 e. The highest BCUT2D eigenvalue weighted by molar-refractivity contribution is 5.49. The average molecular weight is 229 g/mol. The van der Waals surface area contributed by atoms with Crippen LogP contribution in [0.1, 0.15) is 30.4 Å². The maximum absolute atomic E-state index is 8.69. The highest BCUT2D eigenvalue weighted by Gasteiger charge is 2.28. The fourth-order valence-electron chi connectivity index (χ4n) is 2.12. The van der Waals surface area contributed by atoms with Crippen LogP contribution in [-0.4, -0.2) is 17.5 Å². The van der Waals surface area contributed by atoms with Crippen LogP contribution in [0, 0.1) is 18.3 Å². The fraction of sp³-hybridized carbons (Fsp3) is 0.500. The molecule has 1 aromatic rings. The van der Waals surface area contributed by atoms with Gasteiger partial charge in [-0.1, -0.05) is 12.1 Å². The van der Waals surface area contributed by atoms with Crippen molar-refractivity contribution in [2.45, 2.75) is 38.8 Å². The maximum Gasteiger partial charge on any atom is 0.0635 e. The molecule has 2 rings (SSSR count). The Morgan fingerprint density at radius 3 is 2.88 bits per heavy atom. The van der Waals surface area contributed by atoms with E-state index in [9.17, 15) is 0 Å². The van der Waals surface area contributed by atoms with Gasteiger partial charge in [0.25, 0.3) is 0 Å². The molecule has 90 valence electrons. The van der Waals surface area contributed by atoms with Gasteiger partial charge < -0.3 is 5.73 Å². The quantitative estimate of drug-likeness (QED) is 0.789. The summed E-state index contributed by atoms with van der Waals surface area (Å²) >= 11 is 0. The van der Waals surface area contributed by atoms with Crippen molar-refractivity contribution in [1.29, 1.82) is 5.26 Å². The molecule has 1 aliphatic rings. The summed E-state index contributed by atoms with van der Waals surface area (Å²) in [5.74, 6) is 0. The first-order valence-corrected chi connectivity index (χ1v) is 6.17. The Bertz CT molecular complexity index is 430. The van der Waals surface area contributed by atoms with Gasteiger partial charge >= 0.3 is 0 Å². The Kier molecular flexibility index (Phi) is 3.65. The molecule has 1 fully saturated rings. The van der Waals surface area contributed by atoms with Crippen molar-refractivity contribution in [3.8, 4) is 6.07 Å². The zero-order chi connectivity index (χ0) is 12.3. The van der Waals surface area contributed by atoms with Gasteiger partial charge in [-0.25, -0.2) is 0 Å². The lowest BCUT2D eigenvalue weighted by molar-refractivity contribution is 0.260. The second kappa shape index (κ2) is 5.20. The van der Waals surface area contributed by atoms with E-state index >= 15 is 0 Å². The van der Waals surface area contributed by atoms with Crippen LogP contribution in [0.15, 0.2) is 18.2 Å². The van der Waals surface area contributed by atoms with Crippen LogP contribution < -0.4 is 5.73 Å². The number of rotatable bonds is 5. The highest BCUT2D eigenvalue weighted by atomic mass is 15.2. The molecule has 0 unspecified atom stereocenters. The third-order valence-electron chi connectivity index (χ3n) is 3.44. The third kappa shape index (κ3) is 2.98. The average Bonchev–Trinajstić information content (AvgIpc) is 3.14. The number of hydrogen-bond acceptors (Lipinski definition) is 3. The molecule has 0 aromatic heterocycles. The number of nitrogens with zero attached hydrogens (tertiary/aromatic N) is 2. The van der Waals surface area contributed by atoms with Crippen molar-refractivity contribution in [3.05, 3.63) is 29.3 Å². The summed E-state index contributed by atoms with van der Waals surface area (Å²) in [6, 6.07) is 8.99. The second-order valence-corrected chi connectivity index (χ2v) is 4.74. The van der Waals surface area contributed by atoms with E-state index in [0.29, 0.717) is 12.5 Å². The van der Waals surface area contributed by atoms with Crippen molar-refractivity contribution in [3.63, 3.8) is 0 Å². The van der Waals surface area contributed by atoms with E-state index in [1.165, 1.54) is 24.0 Å². The number of nitriles is 1. The standard InChI is InChI=1S/C14H19N3/c1-11-12(4-2-5-14(11)16)10-17(9-3-8-15)13-6-7-13/h2,4-5,13H,3,6-7,9-10,16H2,1H3. The maximum atomic E-state index is 8.69. The monoisotopic (exact) mass is 229 g/mol. The van der Waals surface area contributed by atoms with Crippen LogP contribution in [0.5, 0.6) is 0 Å². The summed E-state index contributed by atoms with van der Waals surface area (Å²) in [4.78, 5) is 2.41.